The van der Waals surface area contributed by atoms with Crippen LogP contribution in [0.1, 0.15) is 6.92 Å². The maximum Gasteiger partial charge on any atom is 0.196 e. The van der Waals surface area contributed by atoms with Gasteiger partial charge < -0.3 is 15.6 Å². The monoisotopic (exact) mass is 375 g/mol. The number of hydrogen-bond acceptors (Lipinski definition) is 4. The molecule has 18 heavy (non-hydrogen) atoms. The Morgan fingerprint density at radius 1 is 1.33 bits per heavy atom. The molecule has 1 unspecified atom stereocenters. The largest absolute Gasteiger partial charge is 0.352 e. The van der Waals surface area contributed by atoms with Gasteiger partial charge in [-0.05, 0) is 25.1 Å². The summed E-state index contributed by atoms with van der Waals surface area (Å²) in [6, 6.07) is 6.41. The van der Waals surface area contributed by atoms with Crippen LogP contribution in [0.5, 0.6) is 0 Å². The van der Waals surface area contributed by atoms with Crippen molar-refractivity contribution in [2.75, 3.05) is 11.9 Å². The first-order chi connectivity index (χ1) is 7.81. The minimum Gasteiger partial charge on any atom is -0.352 e. The third-order valence-electron chi connectivity index (χ3n) is 2.59. The predicted molar refractivity (Wildman–Crippen MR) is 85.3 cm³/mol. The Morgan fingerprint density at radius 3 is 2.89 bits per heavy atom. The first-order valence-corrected chi connectivity index (χ1v) is 5.32. The smallest absolute Gasteiger partial charge is 0.196 e. The number of anilines is 1. The third kappa shape index (κ3) is 3.02. The molecule has 0 aliphatic carbocycles. The number of halogens is 2. The van der Waals surface area contributed by atoms with E-state index in [1.54, 1.807) is 6.33 Å². The van der Waals surface area contributed by atoms with E-state index in [4.69, 9.17) is 0 Å². The number of nitrogens with one attached hydrogen (secondary N) is 3. The molecule has 2 aromatic rings. The summed E-state index contributed by atoms with van der Waals surface area (Å²) in [5, 5.41) is 6.50. The highest BCUT2D eigenvalue weighted by atomic mass is 79.9. The van der Waals surface area contributed by atoms with E-state index in [0.717, 1.165) is 29.2 Å². The lowest BCUT2D eigenvalue weighted by Crippen LogP contribution is -2.32. The van der Waals surface area contributed by atoms with Crippen molar-refractivity contribution in [2.45, 2.75) is 13.0 Å². The minimum absolute atomic E-state index is 0. The number of aromatic nitrogens is 2. The number of hydrogen-bond donors (Lipinski definition) is 3. The van der Waals surface area contributed by atoms with E-state index >= 15 is 0 Å². The number of imidazole rings is 1. The summed E-state index contributed by atoms with van der Waals surface area (Å²) in [5.74, 6) is 0.839. The quantitative estimate of drug-likeness (QED) is 0.716. The van der Waals surface area contributed by atoms with Crippen LogP contribution in [0.2, 0.25) is 0 Å². The first kappa shape index (κ1) is 15.0. The van der Waals surface area contributed by atoms with Crippen LogP contribution in [0.15, 0.2) is 29.5 Å². The van der Waals surface area contributed by atoms with Gasteiger partial charge in [-0.25, -0.2) is 4.98 Å². The van der Waals surface area contributed by atoms with Gasteiger partial charge in [0, 0.05) is 11.7 Å². The molecule has 7 heteroatoms. The lowest BCUT2D eigenvalue weighted by atomic mass is 10.3. The second-order valence-electron chi connectivity index (χ2n) is 3.99. The van der Waals surface area contributed by atoms with Gasteiger partial charge in [0.25, 0.3) is 0 Å². The molecular weight excluding hydrogens is 362 g/mol. The molecule has 0 amide bonds. The Balaban J connectivity index is 0.000000810. The summed E-state index contributed by atoms with van der Waals surface area (Å²) < 4.78 is 0. The Bertz CT molecular complexity index is 551. The van der Waals surface area contributed by atoms with Crippen molar-refractivity contribution in [2.24, 2.45) is 4.99 Å². The summed E-state index contributed by atoms with van der Waals surface area (Å²) in [6.45, 7) is 2.94. The molecule has 1 aromatic carbocycles. The van der Waals surface area contributed by atoms with E-state index in [-0.39, 0.29) is 34.0 Å². The average Bonchev–Trinajstić information content (AvgIpc) is 2.87. The molecule has 1 aliphatic heterocycles. The number of aromatic amines is 1. The first-order valence-electron chi connectivity index (χ1n) is 5.32. The fourth-order valence-corrected chi connectivity index (χ4v) is 1.78. The number of benzene rings is 1. The Morgan fingerprint density at radius 2 is 2.17 bits per heavy atom. The fraction of sp³-hybridized carbons (Fsp3) is 0.273. The van der Waals surface area contributed by atoms with Crippen LogP contribution in [0.3, 0.4) is 0 Å². The van der Waals surface area contributed by atoms with Crippen LogP contribution in [0, 0.1) is 0 Å². The van der Waals surface area contributed by atoms with E-state index in [9.17, 15) is 0 Å². The maximum atomic E-state index is 4.35. The predicted octanol–water partition coefficient (Wildman–Crippen LogP) is 2.48. The van der Waals surface area contributed by atoms with Crippen molar-refractivity contribution in [3.63, 3.8) is 0 Å². The van der Waals surface area contributed by atoms with Gasteiger partial charge in [-0.1, -0.05) is 0 Å². The highest BCUT2D eigenvalue weighted by molar-refractivity contribution is 8.93. The van der Waals surface area contributed by atoms with E-state index in [1.165, 1.54) is 0 Å². The Labute approximate surface area is 126 Å². The van der Waals surface area contributed by atoms with Crippen LogP contribution in [-0.2, 0) is 0 Å². The summed E-state index contributed by atoms with van der Waals surface area (Å²) in [4.78, 5) is 11.6. The van der Waals surface area contributed by atoms with Crippen molar-refractivity contribution in [3.8, 4) is 0 Å². The second-order valence-corrected chi connectivity index (χ2v) is 3.99. The molecule has 0 bridgehead atoms. The van der Waals surface area contributed by atoms with Crippen LogP contribution in [0.4, 0.5) is 5.69 Å². The number of guanidine groups is 1. The summed E-state index contributed by atoms with van der Waals surface area (Å²) in [6.07, 6.45) is 1.70. The molecule has 3 N–H and O–H groups in total. The molecule has 0 saturated carbocycles. The minimum atomic E-state index is 0. The lowest BCUT2D eigenvalue weighted by Gasteiger charge is -2.08. The second kappa shape index (κ2) is 6.19. The van der Waals surface area contributed by atoms with Gasteiger partial charge in [0.05, 0.1) is 23.9 Å². The van der Waals surface area contributed by atoms with Gasteiger partial charge in [-0.15, -0.1) is 34.0 Å². The zero-order chi connectivity index (χ0) is 11.0. The van der Waals surface area contributed by atoms with Gasteiger partial charge in [0.15, 0.2) is 5.96 Å². The van der Waals surface area contributed by atoms with Gasteiger partial charge in [0.2, 0.25) is 0 Å². The van der Waals surface area contributed by atoms with Crippen molar-refractivity contribution in [1.82, 2.24) is 15.3 Å². The highest BCUT2D eigenvalue weighted by Gasteiger charge is 2.12. The van der Waals surface area contributed by atoms with Crippen LogP contribution >= 0.6 is 34.0 Å². The molecule has 0 fully saturated rings. The molecule has 1 aliphatic rings. The lowest BCUT2D eigenvalue weighted by molar-refractivity contribution is 0.725. The zero-order valence-electron chi connectivity index (χ0n) is 9.80. The SMILES string of the molecule is Br.Br.CC1CN=C(Nc2ccc3nc[nH]c3c2)N1. The number of rotatable bonds is 1. The summed E-state index contributed by atoms with van der Waals surface area (Å²) in [5.41, 5.74) is 3.01. The van der Waals surface area contributed by atoms with Crippen LogP contribution < -0.4 is 10.6 Å². The van der Waals surface area contributed by atoms with E-state index in [0.29, 0.717) is 6.04 Å². The van der Waals surface area contributed by atoms with Gasteiger partial charge in [-0.3, -0.25) is 4.99 Å². The maximum absolute atomic E-state index is 4.35. The fourth-order valence-electron chi connectivity index (χ4n) is 1.78. The highest BCUT2D eigenvalue weighted by Crippen LogP contribution is 2.15. The Hall–Kier alpha value is -1.08. The molecule has 98 valence electrons. The molecule has 0 spiro atoms. The van der Waals surface area contributed by atoms with E-state index in [2.05, 4.69) is 32.5 Å². The third-order valence-corrected chi connectivity index (χ3v) is 2.59. The molecule has 3 rings (SSSR count). The van der Waals surface area contributed by atoms with Crippen LogP contribution in [0.25, 0.3) is 11.0 Å². The molecule has 2 heterocycles. The molecule has 5 nitrogen and oxygen atoms in total. The average molecular weight is 377 g/mol. The topological polar surface area (TPSA) is 65.1 Å². The summed E-state index contributed by atoms with van der Waals surface area (Å²) >= 11 is 0. The van der Waals surface area contributed by atoms with Gasteiger partial charge in [0.1, 0.15) is 0 Å². The Kier molecular flexibility index (Phi) is 5.15. The van der Waals surface area contributed by atoms with Crippen LogP contribution in [-0.4, -0.2) is 28.5 Å². The van der Waals surface area contributed by atoms with E-state index in [1.807, 2.05) is 18.2 Å². The standard InChI is InChI=1S/C11H13N5.2BrH/c1-7-5-12-11(15-7)16-8-2-3-9-10(4-8)14-6-13-9;;/h2-4,6-7H,5H2,1H3,(H,13,14)(H2,12,15,16);2*1H. The normalized spacial score (nSPS) is 17.4. The van der Waals surface area contributed by atoms with E-state index < -0.39 is 0 Å². The van der Waals surface area contributed by atoms with Crippen molar-refractivity contribution in [1.29, 1.82) is 0 Å². The number of fused-ring (bicyclic) bond motifs is 1. The summed E-state index contributed by atoms with van der Waals surface area (Å²) in [7, 11) is 0. The van der Waals surface area contributed by atoms with Gasteiger partial charge >= 0.3 is 0 Å². The molecule has 1 aromatic heterocycles. The van der Waals surface area contributed by atoms with Crippen molar-refractivity contribution in [3.05, 3.63) is 24.5 Å². The number of aliphatic imine (C=N–C) groups is 1. The molecule has 0 radical (unpaired) electrons. The number of nitrogens with zero attached hydrogens (tertiary/aromatic N) is 2. The number of H-pyrrole nitrogens is 1. The molecule has 1 atom stereocenters. The van der Waals surface area contributed by atoms with Gasteiger partial charge in [-0.2, -0.15) is 0 Å². The van der Waals surface area contributed by atoms with Crippen molar-refractivity contribution < 1.29 is 0 Å². The molecule has 0 saturated heterocycles. The molecular formula is C11H15Br2N5. The zero-order valence-corrected chi connectivity index (χ0v) is 13.2. The van der Waals surface area contributed by atoms with Crippen molar-refractivity contribution >= 4 is 56.6 Å².